The molecule has 25 heavy (non-hydrogen) atoms. The summed E-state index contributed by atoms with van der Waals surface area (Å²) < 4.78 is 6.67. The van der Waals surface area contributed by atoms with Crippen LogP contribution >= 0.6 is 0 Å². The quantitative estimate of drug-likeness (QED) is 0.498. The Morgan fingerprint density at radius 2 is 2.08 bits per heavy atom. The van der Waals surface area contributed by atoms with Crippen LogP contribution in [0.1, 0.15) is 12.2 Å². The van der Waals surface area contributed by atoms with Crippen LogP contribution in [-0.2, 0) is 4.79 Å². The van der Waals surface area contributed by atoms with Crippen molar-refractivity contribution >= 4 is 17.7 Å². The van der Waals surface area contributed by atoms with Gasteiger partial charge in [0.05, 0.1) is 6.26 Å². The van der Waals surface area contributed by atoms with E-state index in [4.69, 9.17) is 9.52 Å². The highest BCUT2D eigenvalue weighted by Crippen LogP contribution is 2.20. The van der Waals surface area contributed by atoms with E-state index in [0.29, 0.717) is 24.6 Å². The van der Waals surface area contributed by atoms with Gasteiger partial charge < -0.3 is 14.8 Å². The number of hydrogen-bond acceptors (Lipinski definition) is 6. The van der Waals surface area contributed by atoms with E-state index in [9.17, 15) is 4.79 Å². The molecule has 1 amide bonds. The normalized spacial score (nSPS) is 11.5. The standard InChI is InChI=1S/C17H17N5O3/c23-10-5-9-18-17(24)15(12-14-8-4-11-25-14)22-16(19-20-21-22)13-6-2-1-3-7-13/h1-4,6-8,11-12,23H,5,9-10H2,(H,18,24)/b15-12-. The van der Waals surface area contributed by atoms with Crippen molar-refractivity contribution in [1.29, 1.82) is 0 Å². The summed E-state index contributed by atoms with van der Waals surface area (Å²) in [6, 6.07) is 12.8. The van der Waals surface area contributed by atoms with Gasteiger partial charge in [-0.2, -0.15) is 4.68 Å². The highest BCUT2D eigenvalue weighted by Gasteiger charge is 2.19. The summed E-state index contributed by atoms with van der Waals surface area (Å²) in [4.78, 5) is 12.6. The predicted octanol–water partition coefficient (Wildman–Crippen LogP) is 1.43. The summed E-state index contributed by atoms with van der Waals surface area (Å²) >= 11 is 0. The maximum Gasteiger partial charge on any atom is 0.270 e. The smallest absolute Gasteiger partial charge is 0.270 e. The second-order valence-electron chi connectivity index (χ2n) is 5.16. The van der Waals surface area contributed by atoms with Crippen LogP contribution in [0.2, 0.25) is 0 Å². The average Bonchev–Trinajstić information content (AvgIpc) is 3.32. The number of carbonyl (C=O) groups is 1. The molecule has 2 aromatic heterocycles. The van der Waals surface area contributed by atoms with Gasteiger partial charge in [-0.15, -0.1) is 5.10 Å². The van der Waals surface area contributed by atoms with E-state index in [2.05, 4.69) is 20.8 Å². The van der Waals surface area contributed by atoms with Crippen LogP contribution in [0, 0.1) is 0 Å². The molecule has 128 valence electrons. The first-order valence-corrected chi connectivity index (χ1v) is 7.78. The van der Waals surface area contributed by atoms with Gasteiger partial charge in [0, 0.05) is 24.8 Å². The van der Waals surface area contributed by atoms with E-state index in [1.807, 2.05) is 30.3 Å². The fourth-order valence-electron chi connectivity index (χ4n) is 2.22. The molecule has 0 atom stereocenters. The van der Waals surface area contributed by atoms with E-state index in [1.165, 1.54) is 10.9 Å². The predicted molar refractivity (Wildman–Crippen MR) is 90.8 cm³/mol. The van der Waals surface area contributed by atoms with E-state index in [-0.39, 0.29) is 18.2 Å². The largest absolute Gasteiger partial charge is 0.465 e. The summed E-state index contributed by atoms with van der Waals surface area (Å²) in [7, 11) is 0. The SMILES string of the molecule is O=C(NCCCO)/C(=C/c1ccco1)n1nnnc1-c1ccccc1. The molecule has 0 saturated heterocycles. The molecule has 0 fully saturated rings. The number of aliphatic hydroxyl groups is 1. The number of aromatic nitrogens is 4. The van der Waals surface area contributed by atoms with Crippen molar-refractivity contribution in [3.05, 3.63) is 54.5 Å². The Kier molecular flexibility index (Phi) is 5.32. The van der Waals surface area contributed by atoms with Crippen LogP contribution in [0.15, 0.2) is 53.1 Å². The number of furan rings is 1. The Bertz CT molecular complexity index is 840. The zero-order valence-electron chi connectivity index (χ0n) is 13.4. The lowest BCUT2D eigenvalue weighted by molar-refractivity contribution is -0.116. The highest BCUT2D eigenvalue weighted by atomic mass is 16.3. The Hall–Kier alpha value is -3.26. The lowest BCUT2D eigenvalue weighted by atomic mass is 10.2. The van der Waals surface area contributed by atoms with Gasteiger partial charge in [0.1, 0.15) is 11.5 Å². The van der Waals surface area contributed by atoms with Crippen LogP contribution in [0.4, 0.5) is 0 Å². The molecule has 0 bridgehead atoms. The van der Waals surface area contributed by atoms with Crippen molar-refractivity contribution in [1.82, 2.24) is 25.5 Å². The van der Waals surface area contributed by atoms with Crippen molar-refractivity contribution in [2.75, 3.05) is 13.2 Å². The summed E-state index contributed by atoms with van der Waals surface area (Å²) in [6.45, 7) is 0.339. The Morgan fingerprint density at radius 3 is 2.80 bits per heavy atom. The fraction of sp³-hybridized carbons (Fsp3) is 0.176. The number of benzene rings is 1. The first-order chi connectivity index (χ1) is 12.3. The van der Waals surface area contributed by atoms with Gasteiger partial charge in [-0.1, -0.05) is 30.3 Å². The van der Waals surface area contributed by atoms with Gasteiger partial charge in [-0.3, -0.25) is 4.79 Å². The van der Waals surface area contributed by atoms with Crippen LogP contribution in [-0.4, -0.2) is 44.4 Å². The second-order valence-corrected chi connectivity index (χ2v) is 5.16. The third kappa shape index (κ3) is 3.99. The summed E-state index contributed by atoms with van der Waals surface area (Å²) in [5.41, 5.74) is 0.998. The first-order valence-electron chi connectivity index (χ1n) is 7.78. The zero-order chi connectivity index (χ0) is 17.5. The van der Waals surface area contributed by atoms with Crippen molar-refractivity contribution < 1.29 is 14.3 Å². The molecule has 0 radical (unpaired) electrons. The highest BCUT2D eigenvalue weighted by molar-refractivity contribution is 6.18. The number of hydrogen-bond donors (Lipinski definition) is 2. The minimum atomic E-state index is -0.366. The molecule has 1 aromatic carbocycles. The van der Waals surface area contributed by atoms with Gasteiger partial charge in [0.2, 0.25) is 0 Å². The van der Waals surface area contributed by atoms with Crippen molar-refractivity contribution in [3.63, 3.8) is 0 Å². The van der Waals surface area contributed by atoms with E-state index >= 15 is 0 Å². The molecular formula is C17H17N5O3. The lowest BCUT2D eigenvalue weighted by Crippen LogP contribution is -2.28. The van der Waals surface area contributed by atoms with Crippen LogP contribution in [0.3, 0.4) is 0 Å². The van der Waals surface area contributed by atoms with E-state index in [1.54, 1.807) is 18.2 Å². The van der Waals surface area contributed by atoms with Gasteiger partial charge in [-0.05, 0) is 29.0 Å². The lowest BCUT2D eigenvalue weighted by Gasteiger charge is -2.10. The Balaban J connectivity index is 1.98. The maximum atomic E-state index is 12.6. The van der Waals surface area contributed by atoms with Crippen LogP contribution in [0.5, 0.6) is 0 Å². The molecule has 0 spiro atoms. The fourth-order valence-corrected chi connectivity index (χ4v) is 2.22. The first kappa shape index (κ1) is 16.6. The number of nitrogens with zero attached hydrogens (tertiary/aromatic N) is 4. The minimum Gasteiger partial charge on any atom is -0.465 e. The molecule has 2 heterocycles. The summed E-state index contributed by atoms with van der Waals surface area (Å²) in [5.74, 6) is 0.576. The minimum absolute atomic E-state index is 0.00232. The molecule has 0 unspecified atom stereocenters. The molecule has 3 rings (SSSR count). The average molecular weight is 339 g/mol. The van der Waals surface area contributed by atoms with E-state index < -0.39 is 0 Å². The summed E-state index contributed by atoms with van der Waals surface area (Å²) in [5, 5.41) is 23.3. The van der Waals surface area contributed by atoms with Gasteiger partial charge in [0.15, 0.2) is 5.82 Å². The van der Waals surface area contributed by atoms with Crippen molar-refractivity contribution in [3.8, 4) is 11.4 Å². The molecule has 3 aromatic rings. The Morgan fingerprint density at radius 1 is 1.24 bits per heavy atom. The monoisotopic (exact) mass is 339 g/mol. The molecular weight excluding hydrogens is 322 g/mol. The number of aliphatic hydroxyl groups excluding tert-OH is 1. The molecule has 8 heteroatoms. The molecule has 0 aliphatic heterocycles. The summed E-state index contributed by atoms with van der Waals surface area (Å²) in [6.07, 6.45) is 3.54. The number of amides is 1. The molecule has 0 aliphatic carbocycles. The van der Waals surface area contributed by atoms with Gasteiger partial charge >= 0.3 is 0 Å². The van der Waals surface area contributed by atoms with Crippen LogP contribution < -0.4 is 5.32 Å². The van der Waals surface area contributed by atoms with Gasteiger partial charge in [-0.25, -0.2) is 0 Å². The molecule has 8 nitrogen and oxygen atoms in total. The number of carbonyl (C=O) groups excluding carboxylic acids is 1. The second kappa shape index (κ2) is 8.02. The molecule has 0 saturated carbocycles. The molecule has 2 N–H and O–H groups in total. The maximum absolute atomic E-state index is 12.6. The van der Waals surface area contributed by atoms with Crippen LogP contribution in [0.25, 0.3) is 23.2 Å². The zero-order valence-corrected chi connectivity index (χ0v) is 13.4. The number of tetrazole rings is 1. The van der Waals surface area contributed by atoms with E-state index in [0.717, 1.165) is 5.56 Å². The van der Waals surface area contributed by atoms with Crippen molar-refractivity contribution in [2.24, 2.45) is 0 Å². The topological polar surface area (TPSA) is 106 Å². The molecule has 0 aliphatic rings. The number of rotatable bonds is 7. The van der Waals surface area contributed by atoms with Crippen molar-refractivity contribution in [2.45, 2.75) is 6.42 Å². The number of nitrogens with one attached hydrogen (secondary N) is 1. The third-order valence-electron chi connectivity index (χ3n) is 3.40. The third-order valence-corrected chi connectivity index (χ3v) is 3.40. The van der Waals surface area contributed by atoms with Gasteiger partial charge in [0.25, 0.3) is 5.91 Å². The Labute approximate surface area is 143 Å².